The van der Waals surface area contributed by atoms with E-state index in [9.17, 15) is 5.26 Å². The number of pyridine rings is 1. The molecule has 0 unspecified atom stereocenters. The molecule has 1 aliphatic rings. The lowest BCUT2D eigenvalue weighted by Crippen LogP contribution is -2.46. The van der Waals surface area contributed by atoms with Crippen LogP contribution >= 0.6 is 23.2 Å². The van der Waals surface area contributed by atoms with Crippen LogP contribution in [0, 0.1) is 11.3 Å². The maximum atomic E-state index is 9.84. The molecule has 3 heterocycles. The van der Waals surface area contributed by atoms with Gasteiger partial charge in [-0.3, -0.25) is 14.8 Å². The van der Waals surface area contributed by atoms with Crippen molar-refractivity contribution in [3.05, 3.63) is 64.2 Å². The van der Waals surface area contributed by atoms with E-state index in [2.05, 4.69) is 26.2 Å². The van der Waals surface area contributed by atoms with Gasteiger partial charge < -0.3 is 24.3 Å². The van der Waals surface area contributed by atoms with Crippen LogP contribution in [-0.4, -0.2) is 73.4 Å². The summed E-state index contributed by atoms with van der Waals surface area (Å²) in [6.07, 6.45) is 3.25. The highest BCUT2D eigenvalue weighted by Gasteiger charge is 2.20. The summed E-state index contributed by atoms with van der Waals surface area (Å²) >= 11 is 12.7. The van der Waals surface area contributed by atoms with E-state index < -0.39 is 0 Å². The van der Waals surface area contributed by atoms with Crippen molar-refractivity contribution in [3.8, 4) is 28.7 Å². The molecule has 40 heavy (non-hydrogen) atoms. The fraction of sp³-hybridized carbons (Fsp3) is 0.310. The molecular weight excluding hydrogens is 553 g/mol. The maximum absolute atomic E-state index is 9.84. The summed E-state index contributed by atoms with van der Waals surface area (Å²) in [5.74, 6) is 1.92. The smallest absolute Gasteiger partial charge is 0.139 e. The van der Waals surface area contributed by atoms with Gasteiger partial charge in [0.15, 0.2) is 0 Å². The van der Waals surface area contributed by atoms with Gasteiger partial charge in [0.25, 0.3) is 0 Å². The number of piperazine rings is 1. The lowest BCUT2D eigenvalue weighted by Gasteiger charge is -2.33. The Kier molecular flexibility index (Phi) is 8.64. The van der Waals surface area contributed by atoms with Crippen molar-refractivity contribution in [1.29, 1.82) is 5.26 Å². The van der Waals surface area contributed by atoms with E-state index in [0.29, 0.717) is 62.5 Å². The number of β-amino-alcohol motifs (C(OH)–C–C–N with tert-alkyl or cyclic N) is 1. The highest BCUT2D eigenvalue weighted by molar-refractivity contribution is 6.37. The number of aliphatic hydroxyl groups excluding tert-OH is 1. The van der Waals surface area contributed by atoms with Crippen molar-refractivity contribution in [3.63, 3.8) is 0 Å². The Morgan fingerprint density at radius 1 is 1.02 bits per heavy atom. The minimum atomic E-state index is 0.184. The summed E-state index contributed by atoms with van der Waals surface area (Å²) in [4.78, 5) is 9.15. The van der Waals surface area contributed by atoms with Crippen molar-refractivity contribution in [2.45, 2.75) is 6.54 Å². The summed E-state index contributed by atoms with van der Waals surface area (Å²) in [6, 6.07) is 11.3. The number of methoxy groups -OCH3 is 2. The lowest BCUT2D eigenvalue weighted by atomic mass is 10.0. The normalized spacial score (nSPS) is 14.3. The van der Waals surface area contributed by atoms with Gasteiger partial charge in [-0.05, 0) is 24.3 Å². The number of ether oxygens (including phenoxy) is 2. The molecule has 1 saturated heterocycles. The molecule has 208 valence electrons. The standard InChI is InChI=1S/C29H29Cl2N5O4/c1-38-27-11-22-25(33-15-19(14-32)29(22)34-26-13-28(39-2)24(31)12-23(26)30)10-21(27)18-9-20(40-17-18)16-36-5-3-35(4-6-36)7-8-37/h9-13,15,17,37H,3-8,16H2,1-2H3,(H,33,34). The minimum Gasteiger partial charge on any atom is -0.496 e. The third kappa shape index (κ3) is 5.82. The van der Waals surface area contributed by atoms with E-state index in [1.165, 1.54) is 13.3 Å². The number of hydrogen-bond acceptors (Lipinski definition) is 9. The van der Waals surface area contributed by atoms with Crippen molar-refractivity contribution in [1.82, 2.24) is 14.8 Å². The lowest BCUT2D eigenvalue weighted by molar-refractivity contribution is 0.104. The number of aliphatic hydroxyl groups is 1. The number of halogens is 2. The zero-order chi connectivity index (χ0) is 28.2. The van der Waals surface area contributed by atoms with Crippen LogP contribution in [0.5, 0.6) is 11.5 Å². The van der Waals surface area contributed by atoms with Gasteiger partial charge in [0, 0.05) is 61.5 Å². The summed E-state index contributed by atoms with van der Waals surface area (Å²) < 4.78 is 17.0. The predicted octanol–water partition coefficient (Wildman–Crippen LogP) is 5.54. The number of benzene rings is 2. The Morgan fingerprint density at radius 3 is 2.48 bits per heavy atom. The zero-order valence-electron chi connectivity index (χ0n) is 22.2. The number of anilines is 2. The first-order valence-corrected chi connectivity index (χ1v) is 13.5. The quantitative estimate of drug-likeness (QED) is 0.263. The second kappa shape index (κ2) is 12.3. The van der Waals surface area contributed by atoms with Gasteiger partial charge in [-0.25, -0.2) is 0 Å². The van der Waals surface area contributed by atoms with Gasteiger partial charge in [-0.15, -0.1) is 0 Å². The summed E-state index contributed by atoms with van der Waals surface area (Å²) in [7, 11) is 3.13. The first-order valence-electron chi connectivity index (χ1n) is 12.8. The van der Waals surface area contributed by atoms with Gasteiger partial charge in [-0.1, -0.05) is 23.2 Å². The van der Waals surface area contributed by atoms with Crippen molar-refractivity contribution in [2.75, 3.05) is 58.9 Å². The summed E-state index contributed by atoms with van der Waals surface area (Å²) in [6.45, 7) is 5.28. The number of rotatable bonds is 9. The van der Waals surface area contributed by atoms with Gasteiger partial charge in [0.05, 0.1) is 66.1 Å². The number of aromatic nitrogens is 1. The molecule has 11 heteroatoms. The predicted molar refractivity (Wildman–Crippen MR) is 156 cm³/mol. The van der Waals surface area contributed by atoms with Crippen molar-refractivity contribution < 1.29 is 19.0 Å². The summed E-state index contributed by atoms with van der Waals surface area (Å²) in [5.41, 5.74) is 3.78. The Morgan fingerprint density at radius 2 is 1.77 bits per heavy atom. The van der Waals surface area contributed by atoms with Crippen LogP contribution in [-0.2, 0) is 6.54 Å². The molecule has 2 aromatic heterocycles. The molecule has 0 spiro atoms. The second-order valence-electron chi connectivity index (χ2n) is 9.46. The maximum Gasteiger partial charge on any atom is 0.139 e. The molecule has 1 aliphatic heterocycles. The molecule has 0 bridgehead atoms. The topological polar surface area (TPSA) is 107 Å². The largest absolute Gasteiger partial charge is 0.496 e. The molecule has 5 rings (SSSR count). The van der Waals surface area contributed by atoms with Crippen LogP contribution in [0.4, 0.5) is 11.4 Å². The molecule has 0 saturated carbocycles. The molecule has 2 N–H and O–H groups in total. The average molecular weight is 582 g/mol. The number of nitrogens with one attached hydrogen (secondary N) is 1. The molecule has 0 atom stereocenters. The van der Waals surface area contributed by atoms with E-state index in [1.54, 1.807) is 25.5 Å². The van der Waals surface area contributed by atoms with Crippen LogP contribution in [0.25, 0.3) is 22.0 Å². The highest BCUT2D eigenvalue weighted by Crippen LogP contribution is 2.41. The highest BCUT2D eigenvalue weighted by atomic mass is 35.5. The first-order chi connectivity index (χ1) is 19.4. The van der Waals surface area contributed by atoms with E-state index in [-0.39, 0.29) is 6.61 Å². The third-order valence-corrected chi connectivity index (χ3v) is 7.64. The number of nitrogens with zero attached hydrogens (tertiary/aromatic N) is 4. The summed E-state index contributed by atoms with van der Waals surface area (Å²) in [5, 5.41) is 23.7. The Balaban J connectivity index is 1.46. The molecule has 9 nitrogen and oxygen atoms in total. The average Bonchev–Trinajstić information content (AvgIpc) is 3.43. The van der Waals surface area contributed by atoms with Gasteiger partial charge in [0.2, 0.25) is 0 Å². The number of hydrogen-bond donors (Lipinski definition) is 2. The molecule has 4 aromatic rings. The molecule has 1 fully saturated rings. The van der Waals surface area contributed by atoms with Crippen LogP contribution in [0.2, 0.25) is 10.0 Å². The number of nitriles is 1. The molecule has 0 radical (unpaired) electrons. The van der Waals surface area contributed by atoms with Crippen molar-refractivity contribution >= 4 is 45.5 Å². The Hall–Kier alpha value is -3.52. The fourth-order valence-corrected chi connectivity index (χ4v) is 5.39. The molecular formula is C29H29Cl2N5O4. The van der Waals surface area contributed by atoms with Crippen LogP contribution < -0.4 is 14.8 Å². The van der Waals surface area contributed by atoms with Crippen molar-refractivity contribution in [2.24, 2.45) is 0 Å². The van der Waals surface area contributed by atoms with E-state index in [0.717, 1.165) is 43.1 Å². The Labute approximate surface area is 242 Å². The zero-order valence-corrected chi connectivity index (χ0v) is 23.7. The number of furan rings is 1. The SMILES string of the molecule is COc1cc(Nc2c(C#N)cnc3cc(-c4coc(CN5CCN(CCO)CC5)c4)c(OC)cc23)c(Cl)cc1Cl. The molecule has 0 aliphatic carbocycles. The van der Waals surface area contributed by atoms with E-state index in [4.69, 9.17) is 42.2 Å². The first kappa shape index (κ1) is 28.0. The second-order valence-corrected chi connectivity index (χ2v) is 10.3. The third-order valence-electron chi connectivity index (χ3n) is 7.04. The van der Waals surface area contributed by atoms with Gasteiger partial charge in [-0.2, -0.15) is 5.26 Å². The van der Waals surface area contributed by atoms with Gasteiger partial charge >= 0.3 is 0 Å². The monoisotopic (exact) mass is 581 g/mol. The molecule has 0 amide bonds. The van der Waals surface area contributed by atoms with E-state index in [1.807, 2.05) is 18.2 Å². The van der Waals surface area contributed by atoms with E-state index >= 15 is 0 Å². The Bertz CT molecular complexity index is 1560. The molecule has 2 aromatic carbocycles. The fourth-order valence-electron chi connectivity index (χ4n) is 4.89. The van der Waals surface area contributed by atoms with Crippen LogP contribution in [0.3, 0.4) is 0 Å². The minimum absolute atomic E-state index is 0.184. The van der Waals surface area contributed by atoms with Crippen LogP contribution in [0.1, 0.15) is 11.3 Å². The number of fused-ring (bicyclic) bond motifs is 1. The van der Waals surface area contributed by atoms with Crippen LogP contribution in [0.15, 0.2) is 47.2 Å². The van der Waals surface area contributed by atoms with Gasteiger partial charge in [0.1, 0.15) is 23.3 Å².